The van der Waals surface area contributed by atoms with Crippen molar-refractivity contribution in [1.29, 1.82) is 0 Å². The van der Waals surface area contributed by atoms with Crippen molar-refractivity contribution in [3.8, 4) is 11.5 Å². The van der Waals surface area contributed by atoms with E-state index in [2.05, 4.69) is 33.6 Å². The van der Waals surface area contributed by atoms with E-state index in [0.717, 1.165) is 0 Å². The van der Waals surface area contributed by atoms with Gasteiger partial charge >= 0.3 is 0 Å². The number of nitrogens with zero attached hydrogens (tertiary/aromatic N) is 2. The molecule has 1 amide bonds. The zero-order valence-electron chi connectivity index (χ0n) is 16.0. The van der Waals surface area contributed by atoms with Gasteiger partial charge in [-0.25, -0.2) is 9.97 Å². The van der Waals surface area contributed by atoms with Crippen LogP contribution in [0.3, 0.4) is 0 Å². The Bertz CT molecular complexity index is 958. The molecule has 0 aliphatic rings. The summed E-state index contributed by atoms with van der Waals surface area (Å²) in [6, 6.07) is 13.2. The summed E-state index contributed by atoms with van der Waals surface area (Å²) in [5.74, 6) is 1.28. The fourth-order valence-electron chi connectivity index (χ4n) is 2.64. The Morgan fingerprint density at radius 2 is 1.71 bits per heavy atom. The zero-order valence-corrected chi connectivity index (χ0v) is 16.0. The molecule has 0 saturated carbocycles. The number of benzene rings is 2. The van der Waals surface area contributed by atoms with Crippen molar-refractivity contribution in [2.24, 2.45) is 0 Å². The van der Waals surface area contributed by atoms with Crippen molar-refractivity contribution in [3.05, 3.63) is 71.5 Å². The van der Waals surface area contributed by atoms with Crippen LogP contribution >= 0.6 is 0 Å². The van der Waals surface area contributed by atoms with Gasteiger partial charge in [-0.3, -0.25) is 4.79 Å². The van der Waals surface area contributed by atoms with E-state index in [1.54, 1.807) is 32.4 Å². The van der Waals surface area contributed by atoms with Gasteiger partial charge in [0.2, 0.25) is 5.95 Å². The molecule has 144 valence electrons. The molecule has 3 rings (SSSR count). The highest BCUT2D eigenvalue weighted by Crippen LogP contribution is 2.29. The first-order valence-electron chi connectivity index (χ1n) is 8.74. The molecule has 0 atom stereocenters. The van der Waals surface area contributed by atoms with Gasteiger partial charge in [-0.15, -0.1) is 0 Å². The van der Waals surface area contributed by atoms with Crippen molar-refractivity contribution in [3.63, 3.8) is 0 Å². The van der Waals surface area contributed by atoms with Crippen LogP contribution in [0, 0.1) is 6.92 Å². The molecule has 28 heavy (non-hydrogen) atoms. The van der Waals surface area contributed by atoms with Crippen molar-refractivity contribution < 1.29 is 14.3 Å². The maximum absolute atomic E-state index is 12.4. The summed E-state index contributed by atoms with van der Waals surface area (Å²) in [5, 5.41) is 5.96. The molecule has 0 radical (unpaired) electrons. The van der Waals surface area contributed by atoms with Gasteiger partial charge < -0.3 is 20.1 Å². The molecule has 0 saturated heterocycles. The third-order valence-corrected chi connectivity index (χ3v) is 4.25. The number of rotatable bonds is 7. The summed E-state index contributed by atoms with van der Waals surface area (Å²) in [6.45, 7) is 2.67. The number of methoxy groups -OCH3 is 2. The molecule has 0 unspecified atom stereocenters. The van der Waals surface area contributed by atoms with Crippen molar-refractivity contribution in [2.75, 3.05) is 24.9 Å². The summed E-state index contributed by atoms with van der Waals surface area (Å²) in [7, 11) is 3.10. The molecule has 2 N–H and O–H groups in total. The van der Waals surface area contributed by atoms with Crippen molar-refractivity contribution in [2.45, 2.75) is 13.5 Å². The van der Waals surface area contributed by atoms with E-state index in [4.69, 9.17) is 9.47 Å². The van der Waals surface area contributed by atoms with Crippen LogP contribution in [0.1, 0.15) is 21.5 Å². The Morgan fingerprint density at radius 3 is 2.39 bits per heavy atom. The van der Waals surface area contributed by atoms with E-state index in [0.29, 0.717) is 35.2 Å². The summed E-state index contributed by atoms with van der Waals surface area (Å²) in [6.07, 6.45) is 2.98. The lowest BCUT2D eigenvalue weighted by Crippen LogP contribution is -2.13. The van der Waals surface area contributed by atoms with Gasteiger partial charge in [0, 0.05) is 30.7 Å². The normalized spacial score (nSPS) is 10.2. The predicted molar refractivity (Wildman–Crippen MR) is 108 cm³/mol. The maximum atomic E-state index is 12.4. The standard InChI is InChI=1S/C21H22N4O3/c1-14-6-4-5-7-15(14)11-22-21-23-12-16(13-24-21)20(26)25-17-8-9-18(27-2)19(10-17)28-3/h4-10,12-13H,11H2,1-3H3,(H,25,26)(H,22,23,24). The fraction of sp³-hybridized carbons (Fsp3) is 0.190. The number of aryl methyl sites for hydroxylation is 1. The summed E-state index contributed by atoms with van der Waals surface area (Å²) in [4.78, 5) is 20.9. The number of anilines is 2. The average Bonchev–Trinajstić information content (AvgIpc) is 2.73. The Labute approximate surface area is 163 Å². The molecule has 0 aliphatic heterocycles. The molecule has 0 fully saturated rings. The van der Waals surface area contributed by atoms with E-state index in [9.17, 15) is 4.79 Å². The number of amides is 1. The predicted octanol–water partition coefficient (Wildman–Crippen LogP) is 3.67. The van der Waals surface area contributed by atoms with Crippen LogP contribution in [-0.2, 0) is 6.54 Å². The molecule has 1 heterocycles. The highest BCUT2D eigenvalue weighted by molar-refractivity contribution is 6.04. The van der Waals surface area contributed by atoms with Gasteiger partial charge in [-0.2, -0.15) is 0 Å². The third kappa shape index (κ3) is 4.56. The minimum Gasteiger partial charge on any atom is -0.493 e. The van der Waals surface area contributed by atoms with Crippen LogP contribution in [0.25, 0.3) is 0 Å². The second kappa shape index (κ2) is 8.85. The molecule has 7 nitrogen and oxygen atoms in total. The molecule has 3 aromatic rings. The van der Waals surface area contributed by atoms with Crippen LogP contribution in [0.4, 0.5) is 11.6 Å². The third-order valence-electron chi connectivity index (χ3n) is 4.25. The fourth-order valence-corrected chi connectivity index (χ4v) is 2.64. The van der Waals surface area contributed by atoms with Gasteiger partial charge in [0.05, 0.1) is 19.8 Å². The first kappa shape index (κ1) is 19.2. The first-order valence-corrected chi connectivity index (χ1v) is 8.74. The number of hydrogen-bond donors (Lipinski definition) is 2. The molecule has 1 aromatic heterocycles. The smallest absolute Gasteiger partial charge is 0.258 e. The molecule has 0 spiro atoms. The highest BCUT2D eigenvalue weighted by Gasteiger charge is 2.10. The quantitative estimate of drug-likeness (QED) is 0.653. The van der Waals surface area contributed by atoms with Gasteiger partial charge in [-0.05, 0) is 30.2 Å². The number of ether oxygens (including phenoxy) is 2. The van der Waals surface area contributed by atoms with Crippen molar-refractivity contribution in [1.82, 2.24) is 9.97 Å². The lowest BCUT2D eigenvalue weighted by Gasteiger charge is -2.11. The van der Waals surface area contributed by atoms with Crippen LogP contribution in [0.5, 0.6) is 11.5 Å². The van der Waals surface area contributed by atoms with Gasteiger partial charge in [0.25, 0.3) is 5.91 Å². The minimum atomic E-state index is -0.308. The van der Waals surface area contributed by atoms with E-state index >= 15 is 0 Å². The monoisotopic (exact) mass is 378 g/mol. The van der Waals surface area contributed by atoms with Gasteiger partial charge in [0.15, 0.2) is 11.5 Å². The van der Waals surface area contributed by atoms with E-state index in [-0.39, 0.29) is 5.91 Å². The zero-order chi connectivity index (χ0) is 19.9. The van der Waals surface area contributed by atoms with E-state index in [1.807, 2.05) is 18.2 Å². The Hall–Kier alpha value is -3.61. The molecule has 7 heteroatoms. The minimum absolute atomic E-state index is 0.308. The Morgan fingerprint density at radius 1 is 1.00 bits per heavy atom. The molecule has 0 bridgehead atoms. The largest absolute Gasteiger partial charge is 0.493 e. The summed E-state index contributed by atoms with van der Waals surface area (Å²) >= 11 is 0. The van der Waals surface area contributed by atoms with Crippen LogP contribution in [0.2, 0.25) is 0 Å². The number of hydrogen-bond acceptors (Lipinski definition) is 6. The lowest BCUT2D eigenvalue weighted by atomic mass is 10.1. The first-order chi connectivity index (χ1) is 13.6. The molecular formula is C21H22N4O3. The molecule has 2 aromatic carbocycles. The number of carbonyl (C=O) groups is 1. The SMILES string of the molecule is COc1ccc(NC(=O)c2cnc(NCc3ccccc3C)nc2)cc1OC. The highest BCUT2D eigenvalue weighted by atomic mass is 16.5. The second-order valence-corrected chi connectivity index (χ2v) is 6.10. The average molecular weight is 378 g/mol. The van der Waals surface area contributed by atoms with Crippen molar-refractivity contribution >= 4 is 17.5 Å². The maximum Gasteiger partial charge on any atom is 0.258 e. The van der Waals surface area contributed by atoms with Crippen LogP contribution in [-0.4, -0.2) is 30.1 Å². The molecular weight excluding hydrogens is 356 g/mol. The number of carbonyl (C=O) groups excluding carboxylic acids is 1. The van der Waals surface area contributed by atoms with Crippen LogP contribution in [0.15, 0.2) is 54.9 Å². The number of nitrogens with one attached hydrogen (secondary N) is 2. The van der Waals surface area contributed by atoms with E-state index < -0.39 is 0 Å². The number of aromatic nitrogens is 2. The summed E-state index contributed by atoms with van der Waals surface area (Å²) < 4.78 is 10.4. The Balaban J connectivity index is 1.63. The lowest BCUT2D eigenvalue weighted by molar-refractivity contribution is 0.102. The van der Waals surface area contributed by atoms with Gasteiger partial charge in [-0.1, -0.05) is 24.3 Å². The Kier molecular flexibility index (Phi) is 6.06. The van der Waals surface area contributed by atoms with Crippen LogP contribution < -0.4 is 20.1 Å². The summed E-state index contributed by atoms with van der Waals surface area (Å²) in [5.41, 5.74) is 3.31. The van der Waals surface area contributed by atoms with E-state index in [1.165, 1.54) is 23.5 Å². The molecule has 0 aliphatic carbocycles. The second-order valence-electron chi connectivity index (χ2n) is 6.10. The van der Waals surface area contributed by atoms with Gasteiger partial charge in [0.1, 0.15) is 0 Å². The topological polar surface area (TPSA) is 85.4 Å².